The van der Waals surface area contributed by atoms with Crippen molar-refractivity contribution < 1.29 is 8.85 Å². The van der Waals surface area contributed by atoms with Gasteiger partial charge in [-0.2, -0.15) is 0 Å². The fourth-order valence-electron chi connectivity index (χ4n) is 4.51. The van der Waals surface area contributed by atoms with Crippen molar-refractivity contribution in [2.45, 2.75) is 78.3 Å². The van der Waals surface area contributed by atoms with Crippen LogP contribution < -0.4 is 8.85 Å². The van der Waals surface area contributed by atoms with Crippen LogP contribution in [0.1, 0.15) is 36.5 Å². The lowest BCUT2D eigenvalue weighted by Gasteiger charge is -2.21. The summed E-state index contributed by atoms with van der Waals surface area (Å²) < 4.78 is 12.3. The molecule has 46 heavy (non-hydrogen) atoms. The highest BCUT2D eigenvalue weighted by Crippen LogP contribution is 2.30. The molecule has 0 atom stereocenters. The first-order valence-electron chi connectivity index (χ1n) is 15.9. The molecule has 0 radical (unpaired) electrons. The maximum Gasteiger partial charge on any atom is 0.242 e. The van der Waals surface area contributed by atoms with Crippen molar-refractivity contribution in [3.05, 3.63) is 126 Å². The summed E-state index contributed by atoms with van der Waals surface area (Å²) in [6.07, 6.45) is 4.76. The first kappa shape index (κ1) is 39.6. The van der Waals surface area contributed by atoms with Crippen molar-refractivity contribution in [3.8, 4) is 11.5 Å². The van der Waals surface area contributed by atoms with Crippen LogP contribution in [0.3, 0.4) is 0 Å². The van der Waals surface area contributed by atoms with E-state index < -0.39 is 16.6 Å². The number of para-hydroxylation sites is 3. The second-order valence-corrected chi connectivity index (χ2v) is 22.5. The molecule has 0 bridgehead atoms. The van der Waals surface area contributed by atoms with Crippen LogP contribution in [-0.4, -0.2) is 32.1 Å². The predicted octanol–water partition coefficient (Wildman–Crippen LogP) is 12.1. The van der Waals surface area contributed by atoms with Crippen molar-refractivity contribution in [1.82, 2.24) is 0 Å². The van der Waals surface area contributed by atoms with Gasteiger partial charge in [0, 0.05) is 12.1 Å². The molecule has 0 unspecified atom stereocenters. The Morgan fingerprint density at radius 1 is 0.609 bits per heavy atom. The minimum Gasteiger partial charge on any atom is -0.544 e. The minimum atomic E-state index is -1.62. The Morgan fingerprint density at radius 3 is 1.59 bits per heavy atom. The largest absolute Gasteiger partial charge is 0.544 e. The molecule has 7 heteroatoms. The van der Waals surface area contributed by atoms with E-state index in [1.807, 2.05) is 41.3 Å². The number of hydrogen-bond acceptors (Lipinski definition) is 4. The van der Waals surface area contributed by atoms with Crippen molar-refractivity contribution in [1.29, 1.82) is 0 Å². The van der Waals surface area contributed by atoms with E-state index in [-0.39, 0.29) is 0 Å². The number of thiocarbonyl (C=S) groups is 1. The third kappa shape index (κ3) is 16.8. The summed E-state index contributed by atoms with van der Waals surface area (Å²) in [4.78, 5) is 7.84. The predicted molar refractivity (Wildman–Crippen MR) is 219 cm³/mol. The Morgan fingerprint density at radius 2 is 1.04 bits per heavy atom. The number of alkyl halides is 1. The lowest BCUT2D eigenvalue weighted by Crippen LogP contribution is -2.29. The maximum atomic E-state index is 6.18. The fraction of sp³-hybridized carbons (Fsp3) is 0.333. The van der Waals surface area contributed by atoms with Gasteiger partial charge in [0.05, 0.1) is 0 Å². The topological polar surface area (TPSA) is 30.8 Å². The summed E-state index contributed by atoms with van der Waals surface area (Å²) in [6.45, 7) is 15.3. The molecule has 0 fully saturated rings. The number of halogens is 1. The van der Waals surface area contributed by atoms with E-state index in [0.29, 0.717) is 0 Å². The SMILES string of the molecule is CC(CCc1ccccc1)=Nc1ccccc1O[Si](C)(C)C.CI.C[Si](C)(C)Oc1ccccc1CC(=S)CCc1ccccc1. The Bertz CT molecular complexity index is 1480. The second-order valence-electron chi connectivity index (χ2n) is 13.0. The Kier molecular flexibility index (Phi) is 17.7. The highest BCUT2D eigenvalue weighted by atomic mass is 127. The summed E-state index contributed by atoms with van der Waals surface area (Å²) in [5.41, 5.74) is 5.98. The fourth-order valence-corrected chi connectivity index (χ4v) is 6.45. The zero-order valence-electron chi connectivity index (χ0n) is 29.0. The molecule has 0 aromatic heterocycles. The zero-order chi connectivity index (χ0) is 34.0. The Hall–Kier alpha value is -2.60. The number of aryl methyl sites for hydroxylation is 2. The molecule has 0 aliphatic rings. The maximum absolute atomic E-state index is 6.18. The molecule has 0 N–H and O–H groups in total. The first-order chi connectivity index (χ1) is 21.9. The zero-order valence-corrected chi connectivity index (χ0v) is 34.0. The van der Waals surface area contributed by atoms with E-state index in [1.54, 1.807) is 0 Å². The van der Waals surface area contributed by atoms with E-state index in [4.69, 9.17) is 26.1 Å². The standard InChI is InChI=1S/C19H25NOSi.C19H24OSSi.CH3I/c1-16(14-15-17-10-6-5-7-11-17)20-18-12-8-9-13-19(18)21-22(2,3)4;1-22(2,3)20-19-12-8-7-11-17(19)15-18(21)14-13-16-9-5-4-6-10-16;1-2/h5-13H,14-15H2,1-4H3;4-12H,13-15H2,1-3H3;1H3. The Balaban J connectivity index is 0.000000304. The number of benzene rings is 4. The molecule has 4 aromatic carbocycles. The van der Waals surface area contributed by atoms with E-state index in [1.165, 1.54) is 16.7 Å². The molecule has 246 valence electrons. The molecule has 0 spiro atoms. The molecule has 3 nitrogen and oxygen atoms in total. The molecule has 0 aliphatic heterocycles. The van der Waals surface area contributed by atoms with Gasteiger partial charge in [0.1, 0.15) is 17.2 Å². The van der Waals surface area contributed by atoms with Gasteiger partial charge in [-0.05, 0) is 117 Å². The van der Waals surface area contributed by atoms with Crippen molar-refractivity contribution in [2.24, 2.45) is 4.99 Å². The van der Waals surface area contributed by atoms with Crippen LogP contribution >= 0.6 is 34.8 Å². The van der Waals surface area contributed by atoms with Gasteiger partial charge >= 0.3 is 0 Å². The molecule has 0 amide bonds. The molecule has 0 saturated carbocycles. The van der Waals surface area contributed by atoms with E-state index >= 15 is 0 Å². The first-order valence-corrected chi connectivity index (χ1v) is 25.3. The molecular weight excluding hydrogens is 730 g/mol. The van der Waals surface area contributed by atoms with Crippen molar-refractivity contribution in [3.63, 3.8) is 0 Å². The highest BCUT2D eigenvalue weighted by molar-refractivity contribution is 14.1. The monoisotopic (exact) mass is 781 g/mol. The average molecular weight is 782 g/mol. The van der Waals surface area contributed by atoms with Gasteiger partial charge in [-0.15, -0.1) is 0 Å². The number of nitrogens with zero attached hydrogens (tertiary/aromatic N) is 1. The summed E-state index contributed by atoms with van der Waals surface area (Å²) in [7, 11) is -3.22. The van der Waals surface area contributed by atoms with E-state index in [9.17, 15) is 0 Å². The highest BCUT2D eigenvalue weighted by Gasteiger charge is 2.19. The van der Waals surface area contributed by atoms with Gasteiger partial charge in [-0.3, -0.25) is 4.99 Å². The lowest BCUT2D eigenvalue weighted by atomic mass is 10.0. The normalized spacial score (nSPS) is 11.4. The van der Waals surface area contributed by atoms with Gasteiger partial charge in [-0.1, -0.05) is 126 Å². The second kappa shape index (κ2) is 20.6. The number of rotatable bonds is 13. The summed E-state index contributed by atoms with van der Waals surface area (Å²) in [6, 6.07) is 37.4. The number of aliphatic imine (C=N–C) groups is 1. The quantitative estimate of drug-likeness (QED) is 0.0445. The van der Waals surface area contributed by atoms with Gasteiger partial charge in [0.2, 0.25) is 16.6 Å². The summed E-state index contributed by atoms with van der Waals surface area (Å²) in [5.74, 6) is 1.91. The van der Waals surface area contributed by atoms with Crippen molar-refractivity contribution in [2.75, 3.05) is 4.93 Å². The van der Waals surface area contributed by atoms with Crippen LogP contribution in [0.15, 0.2) is 114 Å². The lowest BCUT2D eigenvalue weighted by molar-refractivity contribution is 0.552. The third-order valence-corrected chi connectivity index (χ3v) is 8.54. The van der Waals surface area contributed by atoms with Crippen molar-refractivity contribution >= 4 is 67.7 Å². The van der Waals surface area contributed by atoms with E-state index in [2.05, 4.69) is 142 Å². The van der Waals surface area contributed by atoms with Crippen LogP contribution in [0.4, 0.5) is 5.69 Å². The summed E-state index contributed by atoms with van der Waals surface area (Å²) >= 11 is 7.74. The molecule has 4 rings (SSSR count). The van der Waals surface area contributed by atoms with Crippen LogP contribution in [0, 0.1) is 0 Å². The molecule has 0 aliphatic carbocycles. The molecular formula is C39H52INO2SSi2. The minimum absolute atomic E-state index is 0.822. The molecule has 4 aromatic rings. The van der Waals surface area contributed by atoms with Gasteiger partial charge in [-0.25, -0.2) is 0 Å². The van der Waals surface area contributed by atoms with Crippen LogP contribution in [0.25, 0.3) is 0 Å². The molecule has 0 heterocycles. The molecule has 0 saturated heterocycles. The van der Waals surface area contributed by atoms with Crippen LogP contribution in [-0.2, 0) is 19.3 Å². The number of hydrogen-bond donors (Lipinski definition) is 0. The summed E-state index contributed by atoms with van der Waals surface area (Å²) in [5, 5.41) is 0. The van der Waals surface area contributed by atoms with Gasteiger partial charge in [0.15, 0.2) is 0 Å². The third-order valence-electron chi connectivity index (χ3n) is 6.52. The van der Waals surface area contributed by atoms with Gasteiger partial charge in [0.25, 0.3) is 0 Å². The van der Waals surface area contributed by atoms with Gasteiger partial charge < -0.3 is 8.85 Å². The van der Waals surface area contributed by atoms with Crippen LogP contribution in [0.5, 0.6) is 11.5 Å². The Labute approximate surface area is 300 Å². The van der Waals surface area contributed by atoms with E-state index in [0.717, 1.165) is 59.9 Å². The smallest absolute Gasteiger partial charge is 0.242 e. The van der Waals surface area contributed by atoms with Crippen LogP contribution in [0.2, 0.25) is 39.3 Å². The average Bonchev–Trinajstić information content (AvgIpc) is 3.02.